The molecule has 0 rings (SSSR count). The van der Waals surface area contributed by atoms with Crippen LogP contribution >= 0.6 is 0 Å². The number of carbonyl (C=O) groups excluding carboxylic acids is 1. The van der Waals surface area contributed by atoms with E-state index < -0.39 is 22.7 Å². The van der Waals surface area contributed by atoms with E-state index in [1.54, 1.807) is 4.90 Å². The number of hydrogen-bond acceptors (Lipinski definition) is 5. The van der Waals surface area contributed by atoms with Crippen molar-refractivity contribution in [3.05, 3.63) is 12.7 Å². The van der Waals surface area contributed by atoms with Crippen molar-refractivity contribution in [3.63, 3.8) is 0 Å². The molecule has 1 amide bonds. The molecule has 0 fully saturated rings. The summed E-state index contributed by atoms with van der Waals surface area (Å²) in [6.07, 6.45) is 6.26. The molecule has 0 aromatic rings. The van der Waals surface area contributed by atoms with Crippen LogP contribution in [0.2, 0.25) is 31.2 Å². The Kier molecular flexibility index (Phi) is 13.7. The van der Waals surface area contributed by atoms with Crippen molar-refractivity contribution in [2.45, 2.75) is 135 Å². The van der Waals surface area contributed by atoms with Crippen LogP contribution in [0.15, 0.2) is 12.7 Å². The summed E-state index contributed by atoms with van der Waals surface area (Å²) in [6, 6.07) is 0. The summed E-state index contributed by atoms with van der Waals surface area (Å²) in [5, 5.41) is 19.0. The Balaban J connectivity index is 5.89. The third-order valence-electron chi connectivity index (χ3n) is 7.96. The molecule has 0 aliphatic rings. The molecule has 6 nitrogen and oxygen atoms in total. The summed E-state index contributed by atoms with van der Waals surface area (Å²) in [6.45, 7) is 29.4. The Hall–Kier alpha value is -0.516. The van der Waals surface area contributed by atoms with Gasteiger partial charge in [-0.15, -0.1) is 0 Å². The molecule has 0 aliphatic carbocycles. The fourth-order valence-corrected chi connectivity index (χ4v) is 14.5. The molecule has 0 spiro atoms. The van der Waals surface area contributed by atoms with Crippen molar-refractivity contribution >= 4 is 22.5 Å². The number of rotatable bonds is 17. The minimum Gasteiger partial charge on any atom is -0.412 e. The number of aliphatic hydroxyl groups is 2. The Bertz CT molecular complexity index is 660. The van der Waals surface area contributed by atoms with Crippen LogP contribution in [0.5, 0.6) is 0 Å². The SMILES string of the molecule is C=CC(=O)N(CCCC(C)(CCC)[Si](C)(C)OC(CC)(CC)[Si](C)(C)NC(C)(C)C)CC(O)CO. The van der Waals surface area contributed by atoms with Gasteiger partial charge in [0.2, 0.25) is 5.91 Å². The lowest BCUT2D eigenvalue weighted by atomic mass is 9.98. The summed E-state index contributed by atoms with van der Waals surface area (Å²) < 4.78 is 7.43. The lowest BCUT2D eigenvalue weighted by molar-refractivity contribution is -0.127. The van der Waals surface area contributed by atoms with Gasteiger partial charge in [0.25, 0.3) is 0 Å². The highest BCUT2D eigenvalue weighted by atomic mass is 28.4. The van der Waals surface area contributed by atoms with Crippen molar-refractivity contribution in [1.82, 2.24) is 9.88 Å². The van der Waals surface area contributed by atoms with Gasteiger partial charge in [-0.3, -0.25) is 4.79 Å². The molecule has 0 aliphatic heterocycles. The van der Waals surface area contributed by atoms with Gasteiger partial charge in [-0.2, -0.15) is 0 Å². The Morgan fingerprint density at radius 3 is 2.03 bits per heavy atom. The number of nitrogens with zero attached hydrogens (tertiary/aromatic N) is 1. The van der Waals surface area contributed by atoms with Crippen LogP contribution in [-0.2, 0) is 9.22 Å². The second-order valence-corrected chi connectivity index (χ2v) is 21.4. The highest BCUT2D eigenvalue weighted by Gasteiger charge is 2.54. The predicted molar refractivity (Wildman–Crippen MR) is 155 cm³/mol. The van der Waals surface area contributed by atoms with Gasteiger partial charge in [0.1, 0.15) is 0 Å². The van der Waals surface area contributed by atoms with E-state index in [4.69, 9.17) is 4.43 Å². The molecule has 0 saturated carbocycles. The predicted octanol–water partition coefficient (Wildman–Crippen LogP) is 5.61. The van der Waals surface area contributed by atoms with E-state index in [0.717, 1.165) is 38.5 Å². The second kappa shape index (κ2) is 13.9. The fraction of sp³-hybridized carbons (Fsp3) is 0.889. The van der Waals surface area contributed by atoms with E-state index in [-0.39, 0.29) is 34.9 Å². The Labute approximate surface area is 219 Å². The average molecular weight is 531 g/mol. The van der Waals surface area contributed by atoms with Gasteiger partial charge in [0.15, 0.2) is 16.6 Å². The quantitative estimate of drug-likeness (QED) is 0.168. The number of amides is 1. The molecule has 3 N–H and O–H groups in total. The number of aliphatic hydroxyl groups excluding tert-OH is 2. The average Bonchev–Trinajstić information content (AvgIpc) is 2.74. The van der Waals surface area contributed by atoms with Crippen molar-refractivity contribution in [2.24, 2.45) is 0 Å². The number of hydrogen-bond donors (Lipinski definition) is 3. The van der Waals surface area contributed by atoms with E-state index >= 15 is 0 Å². The summed E-state index contributed by atoms with van der Waals surface area (Å²) in [5.41, 5.74) is 0.0351. The normalized spacial score (nSPS) is 16.0. The molecule has 2 atom stereocenters. The van der Waals surface area contributed by atoms with Crippen LogP contribution in [0, 0.1) is 0 Å². The van der Waals surface area contributed by atoms with E-state index in [0.29, 0.717) is 6.54 Å². The van der Waals surface area contributed by atoms with Crippen molar-refractivity contribution < 1.29 is 19.4 Å². The summed E-state index contributed by atoms with van der Waals surface area (Å²) in [7, 11) is -4.18. The van der Waals surface area contributed by atoms with Crippen molar-refractivity contribution in [2.75, 3.05) is 19.7 Å². The second-order valence-electron chi connectivity index (χ2n) is 12.6. The van der Waals surface area contributed by atoms with Crippen molar-refractivity contribution in [3.8, 4) is 0 Å². The van der Waals surface area contributed by atoms with Crippen LogP contribution in [-0.4, -0.2) is 74.1 Å². The van der Waals surface area contributed by atoms with Crippen LogP contribution in [0.1, 0.15) is 87.0 Å². The standard InChI is InChI=1S/C27H58N2O4Si2/c1-13-18-26(8,19-17-20-29(24(32)14-2)21-23(31)22-30)35(11,12)33-27(15-3,16-4)34(9,10)28-25(5,6)7/h14,23,28,30-31H,2,13,15-22H2,1,3-12H3. The van der Waals surface area contributed by atoms with E-state index in [1.165, 1.54) is 6.08 Å². The maximum absolute atomic E-state index is 12.3. The Morgan fingerprint density at radius 1 is 1.09 bits per heavy atom. The first-order valence-corrected chi connectivity index (χ1v) is 19.5. The molecular weight excluding hydrogens is 472 g/mol. The van der Waals surface area contributed by atoms with Gasteiger partial charge in [-0.25, -0.2) is 0 Å². The fourth-order valence-electron chi connectivity index (χ4n) is 5.74. The summed E-state index contributed by atoms with van der Waals surface area (Å²) in [4.78, 5) is 17.9. The molecule has 0 heterocycles. The maximum atomic E-state index is 12.3. The van der Waals surface area contributed by atoms with Gasteiger partial charge in [-0.1, -0.05) is 53.8 Å². The number of nitrogens with one attached hydrogen (secondary N) is 1. The molecule has 0 aromatic heterocycles. The minimum atomic E-state index is -2.21. The molecule has 208 valence electrons. The van der Waals surface area contributed by atoms with Crippen LogP contribution in [0.3, 0.4) is 0 Å². The van der Waals surface area contributed by atoms with Crippen LogP contribution in [0.4, 0.5) is 0 Å². The zero-order valence-corrected chi connectivity index (χ0v) is 26.9. The first-order chi connectivity index (χ1) is 15.9. The zero-order chi connectivity index (χ0) is 27.7. The molecule has 35 heavy (non-hydrogen) atoms. The van der Waals surface area contributed by atoms with E-state index in [2.05, 4.69) is 86.2 Å². The largest absolute Gasteiger partial charge is 0.412 e. The molecule has 0 aromatic carbocycles. The van der Waals surface area contributed by atoms with E-state index in [9.17, 15) is 15.0 Å². The first-order valence-electron chi connectivity index (χ1n) is 13.6. The smallest absolute Gasteiger partial charge is 0.246 e. The van der Waals surface area contributed by atoms with Gasteiger partial charge in [-0.05, 0) is 77.1 Å². The van der Waals surface area contributed by atoms with E-state index in [1.807, 2.05) is 0 Å². The highest BCUT2D eigenvalue weighted by molar-refractivity contribution is 6.81. The van der Waals surface area contributed by atoms with Gasteiger partial charge < -0.3 is 24.5 Å². The summed E-state index contributed by atoms with van der Waals surface area (Å²) in [5.74, 6) is -0.209. The molecule has 0 bridgehead atoms. The van der Waals surface area contributed by atoms with Crippen LogP contribution < -0.4 is 4.98 Å². The third-order valence-corrected chi connectivity index (χ3v) is 16.9. The van der Waals surface area contributed by atoms with Crippen LogP contribution in [0.25, 0.3) is 0 Å². The topological polar surface area (TPSA) is 82.0 Å². The molecule has 0 saturated heterocycles. The molecule has 2 unspecified atom stereocenters. The lowest BCUT2D eigenvalue weighted by Crippen LogP contribution is -2.71. The molecular formula is C27H58N2O4Si2. The maximum Gasteiger partial charge on any atom is 0.246 e. The third kappa shape index (κ3) is 9.70. The highest BCUT2D eigenvalue weighted by Crippen LogP contribution is 2.50. The van der Waals surface area contributed by atoms with Gasteiger partial charge in [0.05, 0.1) is 17.9 Å². The molecule has 8 heteroatoms. The minimum absolute atomic E-state index is 0.0351. The Morgan fingerprint density at radius 2 is 1.63 bits per heavy atom. The van der Waals surface area contributed by atoms with Crippen molar-refractivity contribution in [1.29, 1.82) is 0 Å². The first kappa shape index (κ1) is 34.5. The molecule has 0 radical (unpaired) electrons. The zero-order valence-electron chi connectivity index (χ0n) is 24.9. The summed E-state index contributed by atoms with van der Waals surface area (Å²) >= 11 is 0. The van der Waals surface area contributed by atoms with Gasteiger partial charge >= 0.3 is 0 Å². The lowest BCUT2D eigenvalue weighted by Gasteiger charge is -2.55. The monoisotopic (exact) mass is 530 g/mol. The number of carbonyl (C=O) groups is 1. The van der Waals surface area contributed by atoms with Gasteiger partial charge in [0, 0.05) is 18.6 Å².